The minimum Gasteiger partial charge on any atom is -0.317 e. The van der Waals surface area contributed by atoms with Gasteiger partial charge in [0.05, 0.1) is 0 Å². The topological polar surface area (TPSA) is 3.24 Å². The summed E-state index contributed by atoms with van der Waals surface area (Å²) >= 11 is 6.09. The van der Waals surface area contributed by atoms with Crippen molar-refractivity contribution < 1.29 is 0 Å². The Morgan fingerprint density at radius 3 is 2.45 bits per heavy atom. The average Bonchev–Trinajstić information content (AvgIpc) is 1.99. The lowest BCUT2D eigenvalue weighted by Gasteiger charge is -2.11. The molecule has 66 valence electrons. The minimum absolute atomic E-state index is 0.670. The second-order valence-corrected chi connectivity index (χ2v) is 6.61. The Kier molecular flexibility index (Phi) is 5.92. The molecule has 0 rings (SSSR count). The third-order valence-corrected chi connectivity index (χ3v) is 4.87. The van der Waals surface area contributed by atoms with Gasteiger partial charge in [0, 0.05) is 0 Å². The summed E-state index contributed by atoms with van der Waals surface area (Å²) in [5, 5.41) is 0. The fraction of sp³-hybridized carbons (Fsp3) is 0.750. The summed E-state index contributed by atoms with van der Waals surface area (Å²) in [4.78, 5) is 0. The molecule has 11 heavy (non-hydrogen) atoms. The van der Waals surface area contributed by atoms with Crippen molar-refractivity contribution >= 4 is 19.3 Å². The molecule has 0 heterocycles. The number of hydrogen-bond acceptors (Lipinski definition) is 1. The molecule has 0 aliphatic rings. The summed E-state index contributed by atoms with van der Waals surface area (Å²) < 4.78 is 2.11. The summed E-state index contributed by atoms with van der Waals surface area (Å²) in [5.74, 6) is 0.670. The Hall–Kier alpha value is 0.207. The molecule has 0 N–H and O–H groups in total. The fourth-order valence-electron chi connectivity index (χ4n) is 0.590. The van der Waals surface area contributed by atoms with E-state index in [0.717, 1.165) is 0 Å². The Balaban J connectivity index is 3.72. The minimum atomic E-state index is -1.22. The molecule has 0 saturated heterocycles. The van der Waals surface area contributed by atoms with Crippen LogP contribution in [0.4, 0.5) is 0 Å². The highest BCUT2D eigenvalue weighted by Crippen LogP contribution is 2.04. The number of allylic oxidation sites excluding steroid dienone is 1. The van der Waals surface area contributed by atoms with Crippen LogP contribution in [-0.2, 0) is 0 Å². The van der Waals surface area contributed by atoms with E-state index in [-0.39, 0.29) is 0 Å². The van der Waals surface area contributed by atoms with Gasteiger partial charge in [0.15, 0.2) is 0 Å². The van der Waals surface area contributed by atoms with Crippen LogP contribution >= 0.6 is 11.1 Å². The van der Waals surface area contributed by atoms with E-state index in [1.54, 1.807) is 0 Å². The van der Waals surface area contributed by atoms with Crippen molar-refractivity contribution in [1.29, 1.82) is 0 Å². The lowest BCUT2D eigenvalue weighted by atomic mass is 10.1. The molecule has 2 atom stereocenters. The maximum Gasteiger partial charge on any atom is 0.237 e. The zero-order valence-corrected chi connectivity index (χ0v) is 9.75. The van der Waals surface area contributed by atoms with Gasteiger partial charge < -0.3 is 4.57 Å². The highest BCUT2D eigenvalue weighted by Gasteiger charge is 2.04. The van der Waals surface area contributed by atoms with Crippen LogP contribution in [0.2, 0.25) is 0 Å². The van der Waals surface area contributed by atoms with Crippen LogP contribution in [0.5, 0.6) is 0 Å². The standard InChI is InChI=1S/C8H18ClNSi/c1-5-8(2)6-7-11(9)10(3)4/h6-8,11H,5H2,1-4H3. The molecular formula is C8H18ClNSi. The van der Waals surface area contributed by atoms with E-state index >= 15 is 0 Å². The first-order chi connectivity index (χ1) is 5.07. The zero-order chi connectivity index (χ0) is 8.85. The van der Waals surface area contributed by atoms with E-state index in [0.29, 0.717) is 5.92 Å². The Morgan fingerprint density at radius 1 is 1.55 bits per heavy atom. The average molecular weight is 192 g/mol. The molecule has 0 fully saturated rings. The first-order valence-electron chi connectivity index (χ1n) is 4.06. The normalized spacial score (nSPS) is 17.6. The summed E-state index contributed by atoms with van der Waals surface area (Å²) in [6, 6.07) is 0. The maximum atomic E-state index is 6.09. The van der Waals surface area contributed by atoms with E-state index in [9.17, 15) is 0 Å². The Morgan fingerprint density at radius 2 is 2.09 bits per heavy atom. The molecule has 0 aliphatic heterocycles. The number of nitrogens with zero attached hydrogens (tertiary/aromatic N) is 1. The van der Waals surface area contributed by atoms with E-state index in [4.69, 9.17) is 11.1 Å². The van der Waals surface area contributed by atoms with E-state index in [1.165, 1.54) is 6.42 Å². The first-order valence-corrected chi connectivity index (χ1v) is 6.99. The van der Waals surface area contributed by atoms with Gasteiger partial charge in [-0.25, -0.2) is 0 Å². The summed E-state index contributed by atoms with van der Waals surface area (Å²) in [5.41, 5.74) is 2.18. The van der Waals surface area contributed by atoms with Gasteiger partial charge in [0.25, 0.3) is 0 Å². The SMILES string of the molecule is CCC(C)C=C[SiH](Cl)N(C)C. The van der Waals surface area contributed by atoms with Crippen molar-refractivity contribution in [2.45, 2.75) is 20.3 Å². The molecule has 2 unspecified atom stereocenters. The molecule has 0 aromatic rings. The lowest BCUT2D eigenvalue weighted by Crippen LogP contribution is -2.25. The molecule has 3 heteroatoms. The first kappa shape index (κ1) is 11.2. The predicted molar refractivity (Wildman–Crippen MR) is 55.3 cm³/mol. The van der Waals surface area contributed by atoms with Gasteiger partial charge in [0.1, 0.15) is 0 Å². The number of rotatable bonds is 4. The third-order valence-electron chi connectivity index (χ3n) is 1.74. The van der Waals surface area contributed by atoms with Crippen LogP contribution in [-0.4, -0.2) is 26.9 Å². The predicted octanol–water partition coefficient (Wildman–Crippen LogP) is 2.15. The Labute approximate surface area is 76.4 Å². The fourth-order valence-corrected chi connectivity index (χ4v) is 1.75. The van der Waals surface area contributed by atoms with Crippen molar-refractivity contribution in [1.82, 2.24) is 4.57 Å². The molecule has 0 bridgehead atoms. The largest absolute Gasteiger partial charge is 0.317 e. The quantitative estimate of drug-likeness (QED) is 0.487. The van der Waals surface area contributed by atoms with Crippen LogP contribution in [0, 0.1) is 5.92 Å². The van der Waals surface area contributed by atoms with Gasteiger partial charge >= 0.3 is 0 Å². The maximum absolute atomic E-state index is 6.09. The number of hydrogen-bond donors (Lipinski definition) is 0. The second kappa shape index (κ2) is 5.81. The van der Waals surface area contributed by atoms with E-state index in [1.807, 2.05) is 14.1 Å². The van der Waals surface area contributed by atoms with Crippen LogP contribution in [0.15, 0.2) is 11.8 Å². The van der Waals surface area contributed by atoms with Crippen molar-refractivity contribution in [3.05, 3.63) is 11.8 Å². The molecule has 0 amide bonds. The smallest absolute Gasteiger partial charge is 0.237 e. The van der Waals surface area contributed by atoms with Crippen molar-refractivity contribution in [2.75, 3.05) is 14.1 Å². The Bertz CT molecular complexity index is 125. The van der Waals surface area contributed by atoms with Crippen LogP contribution in [0.3, 0.4) is 0 Å². The van der Waals surface area contributed by atoms with Crippen molar-refractivity contribution in [3.63, 3.8) is 0 Å². The van der Waals surface area contributed by atoms with Crippen LogP contribution in [0.25, 0.3) is 0 Å². The summed E-state index contributed by atoms with van der Waals surface area (Å²) in [7, 11) is 2.84. The second-order valence-electron chi connectivity index (χ2n) is 3.11. The van der Waals surface area contributed by atoms with Crippen molar-refractivity contribution in [3.8, 4) is 0 Å². The molecule has 0 aliphatic carbocycles. The van der Waals surface area contributed by atoms with Gasteiger partial charge in [-0.15, -0.1) is 11.1 Å². The van der Waals surface area contributed by atoms with Crippen molar-refractivity contribution in [2.24, 2.45) is 5.92 Å². The van der Waals surface area contributed by atoms with E-state index < -0.39 is 8.27 Å². The number of halogens is 1. The molecule has 0 radical (unpaired) electrons. The van der Waals surface area contributed by atoms with Gasteiger partial charge in [-0.1, -0.05) is 32.0 Å². The molecule has 0 saturated carbocycles. The van der Waals surface area contributed by atoms with Gasteiger partial charge in [-0.2, -0.15) is 0 Å². The van der Waals surface area contributed by atoms with Crippen LogP contribution in [0.1, 0.15) is 20.3 Å². The van der Waals surface area contributed by atoms with Gasteiger partial charge in [0.2, 0.25) is 8.27 Å². The molecule has 0 aromatic carbocycles. The van der Waals surface area contributed by atoms with Gasteiger partial charge in [-0.3, -0.25) is 0 Å². The summed E-state index contributed by atoms with van der Waals surface area (Å²) in [6.45, 7) is 4.40. The summed E-state index contributed by atoms with van der Waals surface area (Å²) in [6.07, 6.45) is 3.42. The van der Waals surface area contributed by atoms with E-state index in [2.05, 4.69) is 30.2 Å². The van der Waals surface area contributed by atoms with Gasteiger partial charge in [-0.05, 0) is 20.0 Å². The monoisotopic (exact) mass is 191 g/mol. The molecule has 0 aromatic heterocycles. The molecular weight excluding hydrogens is 174 g/mol. The highest BCUT2D eigenvalue weighted by atomic mass is 35.6. The molecule has 0 spiro atoms. The third kappa shape index (κ3) is 5.47. The highest BCUT2D eigenvalue weighted by molar-refractivity contribution is 7.08. The molecule has 1 nitrogen and oxygen atoms in total. The lowest BCUT2D eigenvalue weighted by molar-refractivity contribution is 0.659. The zero-order valence-electron chi connectivity index (χ0n) is 7.84. The van der Waals surface area contributed by atoms with Crippen LogP contribution < -0.4 is 0 Å².